The molecule has 2 unspecified atom stereocenters. The summed E-state index contributed by atoms with van der Waals surface area (Å²) in [5, 5.41) is 0.683. The first-order valence-electron chi connectivity index (χ1n) is 6.95. The van der Waals surface area contributed by atoms with Gasteiger partial charge in [-0.3, -0.25) is 9.69 Å². The molecule has 2 aliphatic heterocycles. The van der Waals surface area contributed by atoms with Crippen molar-refractivity contribution in [2.24, 2.45) is 0 Å². The van der Waals surface area contributed by atoms with Crippen molar-refractivity contribution in [2.45, 2.75) is 31.8 Å². The molecule has 3 nitrogen and oxygen atoms in total. The van der Waals surface area contributed by atoms with Crippen molar-refractivity contribution in [3.05, 3.63) is 28.8 Å². The lowest BCUT2D eigenvalue weighted by atomic mass is 10.0. The fraction of sp³-hybridized carbons (Fsp3) is 0.533. The maximum Gasteiger partial charge on any atom is 0.152 e. The maximum absolute atomic E-state index is 11.3. The Balaban J connectivity index is 1.95. The third-order valence-corrected chi connectivity index (χ3v) is 4.67. The molecule has 0 radical (unpaired) electrons. The number of carbonyl (C=O) groups is 1. The summed E-state index contributed by atoms with van der Waals surface area (Å²) in [6.07, 6.45) is 3.45. The predicted octanol–water partition coefficient (Wildman–Crippen LogP) is 2.83. The van der Waals surface area contributed by atoms with Crippen molar-refractivity contribution in [2.75, 3.05) is 24.5 Å². The molecule has 1 aromatic rings. The number of fused-ring (bicyclic) bond motifs is 1. The number of anilines is 1. The number of piperazine rings is 1. The second kappa shape index (κ2) is 5.14. The van der Waals surface area contributed by atoms with Crippen molar-refractivity contribution in [1.29, 1.82) is 0 Å². The minimum absolute atomic E-state index is 0.396. The van der Waals surface area contributed by atoms with Crippen LogP contribution in [0.2, 0.25) is 5.02 Å². The van der Waals surface area contributed by atoms with E-state index in [9.17, 15) is 4.79 Å². The van der Waals surface area contributed by atoms with Crippen LogP contribution in [-0.2, 0) is 0 Å². The van der Waals surface area contributed by atoms with Gasteiger partial charge in [0.05, 0.1) is 10.7 Å². The van der Waals surface area contributed by atoms with E-state index < -0.39 is 0 Å². The van der Waals surface area contributed by atoms with Gasteiger partial charge in [0, 0.05) is 30.7 Å². The van der Waals surface area contributed by atoms with E-state index in [0.717, 1.165) is 25.1 Å². The van der Waals surface area contributed by atoms with E-state index in [1.54, 1.807) is 0 Å². The molecular weight excluding hydrogens is 260 g/mol. The minimum atomic E-state index is 0.396. The van der Waals surface area contributed by atoms with Gasteiger partial charge in [-0.1, -0.05) is 17.7 Å². The molecule has 102 valence electrons. The zero-order valence-corrected chi connectivity index (χ0v) is 11.9. The molecule has 0 N–H and O–H groups in total. The van der Waals surface area contributed by atoms with Crippen molar-refractivity contribution in [3.8, 4) is 0 Å². The first-order valence-corrected chi connectivity index (χ1v) is 7.33. The van der Waals surface area contributed by atoms with E-state index in [0.29, 0.717) is 22.7 Å². The first kappa shape index (κ1) is 12.9. The molecule has 1 aromatic carbocycles. The summed E-state index contributed by atoms with van der Waals surface area (Å²) in [5.74, 6) is 0. The normalized spacial score (nSPS) is 27.4. The monoisotopic (exact) mass is 278 g/mol. The smallest absolute Gasteiger partial charge is 0.152 e. The number of nitrogens with zero attached hydrogens (tertiary/aromatic N) is 2. The van der Waals surface area contributed by atoms with Gasteiger partial charge in [-0.2, -0.15) is 0 Å². The topological polar surface area (TPSA) is 23.6 Å². The van der Waals surface area contributed by atoms with Crippen LogP contribution in [0.25, 0.3) is 0 Å². The highest BCUT2D eigenvalue weighted by Gasteiger charge is 2.35. The average Bonchev–Trinajstić information content (AvgIpc) is 2.84. The second-order valence-electron chi connectivity index (χ2n) is 5.59. The Hall–Kier alpha value is -1.06. The fourth-order valence-corrected chi connectivity index (χ4v) is 3.72. The second-order valence-corrected chi connectivity index (χ2v) is 6.00. The summed E-state index contributed by atoms with van der Waals surface area (Å²) in [6, 6.07) is 6.57. The Bertz CT molecular complexity index is 491. The van der Waals surface area contributed by atoms with Crippen LogP contribution >= 0.6 is 11.6 Å². The van der Waals surface area contributed by atoms with E-state index in [2.05, 4.69) is 16.7 Å². The SMILES string of the molecule is CC1CN2CCCC2CN1c1c(Cl)cccc1C=O. The van der Waals surface area contributed by atoms with Gasteiger partial charge in [-0.05, 0) is 38.4 Å². The fourth-order valence-electron chi connectivity index (χ4n) is 3.43. The summed E-state index contributed by atoms with van der Waals surface area (Å²) in [7, 11) is 0. The number of benzene rings is 1. The van der Waals surface area contributed by atoms with Gasteiger partial charge in [0.25, 0.3) is 0 Å². The molecule has 0 aromatic heterocycles. The average molecular weight is 279 g/mol. The van der Waals surface area contributed by atoms with Gasteiger partial charge >= 0.3 is 0 Å². The quantitative estimate of drug-likeness (QED) is 0.777. The Morgan fingerprint density at radius 1 is 1.37 bits per heavy atom. The van der Waals surface area contributed by atoms with Gasteiger partial charge < -0.3 is 4.90 Å². The zero-order valence-electron chi connectivity index (χ0n) is 11.2. The van der Waals surface area contributed by atoms with Crippen LogP contribution in [0.1, 0.15) is 30.1 Å². The number of halogens is 1. The van der Waals surface area contributed by atoms with Gasteiger partial charge in [-0.15, -0.1) is 0 Å². The molecule has 0 bridgehead atoms. The molecule has 2 atom stereocenters. The number of para-hydroxylation sites is 1. The number of hydrogen-bond donors (Lipinski definition) is 0. The maximum atomic E-state index is 11.3. The number of aldehydes is 1. The molecule has 2 fully saturated rings. The summed E-state index contributed by atoms with van der Waals surface area (Å²) >= 11 is 6.34. The molecule has 2 aliphatic rings. The minimum Gasteiger partial charge on any atom is -0.364 e. The lowest BCUT2D eigenvalue weighted by molar-refractivity contribution is 0.112. The summed E-state index contributed by atoms with van der Waals surface area (Å²) in [6.45, 7) is 5.47. The van der Waals surface area contributed by atoms with E-state index in [1.807, 2.05) is 18.2 Å². The van der Waals surface area contributed by atoms with E-state index in [-0.39, 0.29) is 0 Å². The molecule has 4 heteroatoms. The van der Waals surface area contributed by atoms with Gasteiger partial charge in [0.15, 0.2) is 6.29 Å². The van der Waals surface area contributed by atoms with E-state index >= 15 is 0 Å². The highest BCUT2D eigenvalue weighted by Crippen LogP contribution is 2.34. The lowest BCUT2D eigenvalue weighted by Crippen LogP contribution is -2.55. The summed E-state index contributed by atoms with van der Waals surface area (Å²) in [5.41, 5.74) is 1.61. The molecule has 2 heterocycles. The van der Waals surface area contributed by atoms with Crippen LogP contribution in [0.3, 0.4) is 0 Å². The number of hydrogen-bond acceptors (Lipinski definition) is 3. The Kier molecular flexibility index (Phi) is 3.50. The van der Waals surface area contributed by atoms with Crippen LogP contribution in [0.4, 0.5) is 5.69 Å². The van der Waals surface area contributed by atoms with Crippen LogP contribution < -0.4 is 4.90 Å². The van der Waals surface area contributed by atoms with Gasteiger partial charge in [-0.25, -0.2) is 0 Å². The van der Waals surface area contributed by atoms with Crippen molar-refractivity contribution < 1.29 is 4.79 Å². The first-order chi connectivity index (χ1) is 9.20. The zero-order chi connectivity index (χ0) is 13.4. The van der Waals surface area contributed by atoms with Crippen LogP contribution in [0, 0.1) is 0 Å². The van der Waals surface area contributed by atoms with Crippen LogP contribution in [0.5, 0.6) is 0 Å². The molecule has 19 heavy (non-hydrogen) atoms. The molecule has 0 aliphatic carbocycles. The molecule has 3 rings (SSSR count). The molecule has 2 saturated heterocycles. The Morgan fingerprint density at radius 3 is 3.00 bits per heavy atom. The van der Waals surface area contributed by atoms with Gasteiger partial charge in [0.1, 0.15) is 0 Å². The van der Waals surface area contributed by atoms with Crippen LogP contribution in [0.15, 0.2) is 18.2 Å². The summed E-state index contributed by atoms with van der Waals surface area (Å²) in [4.78, 5) is 16.1. The van der Waals surface area contributed by atoms with Crippen LogP contribution in [-0.4, -0.2) is 42.9 Å². The standard InChI is InChI=1S/C15H19ClN2O/c1-11-8-17-7-3-5-13(17)9-18(11)15-12(10-19)4-2-6-14(15)16/h2,4,6,10-11,13H,3,5,7-9H2,1H3. The Labute approximate surface area is 119 Å². The number of carbonyl (C=O) groups excluding carboxylic acids is 1. The van der Waals surface area contributed by atoms with Crippen molar-refractivity contribution in [3.63, 3.8) is 0 Å². The Morgan fingerprint density at radius 2 is 2.21 bits per heavy atom. The van der Waals surface area contributed by atoms with E-state index in [1.165, 1.54) is 19.4 Å². The highest BCUT2D eigenvalue weighted by atomic mass is 35.5. The summed E-state index contributed by atoms with van der Waals surface area (Å²) < 4.78 is 0. The van der Waals surface area contributed by atoms with E-state index in [4.69, 9.17) is 11.6 Å². The molecule has 0 amide bonds. The third-order valence-electron chi connectivity index (χ3n) is 4.37. The molecule has 0 saturated carbocycles. The lowest BCUT2D eigenvalue weighted by Gasteiger charge is -2.44. The van der Waals surface area contributed by atoms with Crippen molar-refractivity contribution in [1.82, 2.24) is 4.90 Å². The molecular formula is C15H19ClN2O. The molecule has 0 spiro atoms. The van der Waals surface area contributed by atoms with Gasteiger partial charge in [0.2, 0.25) is 0 Å². The number of rotatable bonds is 2. The third kappa shape index (κ3) is 2.26. The predicted molar refractivity (Wildman–Crippen MR) is 78.2 cm³/mol. The highest BCUT2D eigenvalue weighted by molar-refractivity contribution is 6.34. The van der Waals surface area contributed by atoms with Crippen molar-refractivity contribution >= 4 is 23.6 Å². The largest absolute Gasteiger partial charge is 0.364 e.